The van der Waals surface area contributed by atoms with E-state index >= 15 is 0 Å². The molecule has 2 aromatic rings. The van der Waals surface area contributed by atoms with Gasteiger partial charge in [0.1, 0.15) is 0 Å². The van der Waals surface area contributed by atoms with Crippen LogP contribution < -0.4 is 5.32 Å². The fourth-order valence-electron chi connectivity index (χ4n) is 3.84. The van der Waals surface area contributed by atoms with Crippen molar-refractivity contribution >= 4 is 27.6 Å². The second kappa shape index (κ2) is 10.5. The van der Waals surface area contributed by atoms with Crippen LogP contribution in [0.3, 0.4) is 0 Å². The van der Waals surface area contributed by atoms with Crippen molar-refractivity contribution in [2.75, 3.05) is 25.0 Å². The quantitative estimate of drug-likeness (QED) is 0.631. The fourth-order valence-corrected chi connectivity index (χ4v) is 5.36. The molecule has 3 rings (SSSR count). The molecule has 0 bridgehead atoms. The number of carbonyl (C=O) groups is 2. The van der Waals surface area contributed by atoms with E-state index in [0.717, 1.165) is 31.2 Å². The molecule has 0 aliphatic carbocycles. The minimum atomic E-state index is -3.59. The van der Waals surface area contributed by atoms with Crippen LogP contribution in [-0.4, -0.2) is 44.3 Å². The van der Waals surface area contributed by atoms with Crippen molar-refractivity contribution < 1.29 is 22.7 Å². The average molecular weight is 473 g/mol. The van der Waals surface area contributed by atoms with Crippen LogP contribution in [0.5, 0.6) is 0 Å². The first-order valence-electron chi connectivity index (χ1n) is 11.3. The summed E-state index contributed by atoms with van der Waals surface area (Å²) in [5, 5.41) is 2.79. The van der Waals surface area contributed by atoms with E-state index in [2.05, 4.69) is 26.1 Å². The zero-order valence-electron chi connectivity index (χ0n) is 19.5. The van der Waals surface area contributed by atoms with Crippen LogP contribution in [0, 0.1) is 0 Å². The van der Waals surface area contributed by atoms with Crippen LogP contribution >= 0.6 is 0 Å². The standard InChI is InChI=1S/C25H32N2O5S/c1-25(2,3)21-10-6-7-11-22(21)26-23(28)18-32-24(29)19-12-14-20(15-13-19)33(30,31)27-16-8-4-5-9-17-27/h6-7,10-15H,4-5,8-9,16-18H2,1-3H3,(H,26,28). The number of benzene rings is 2. The lowest BCUT2D eigenvalue weighted by Gasteiger charge is -2.23. The number of amides is 1. The van der Waals surface area contributed by atoms with Crippen LogP contribution in [0.1, 0.15) is 62.4 Å². The second-order valence-corrected chi connectivity index (χ2v) is 11.2. The number of para-hydroxylation sites is 1. The van der Waals surface area contributed by atoms with Gasteiger partial charge in [0.2, 0.25) is 10.0 Å². The van der Waals surface area contributed by atoms with Gasteiger partial charge in [-0.2, -0.15) is 4.31 Å². The van der Waals surface area contributed by atoms with E-state index in [4.69, 9.17) is 4.74 Å². The van der Waals surface area contributed by atoms with Gasteiger partial charge in [0.25, 0.3) is 5.91 Å². The Labute approximate surface area is 196 Å². The molecule has 0 saturated carbocycles. The van der Waals surface area contributed by atoms with Gasteiger partial charge in [-0.1, -0.05) is 51.8 Å². The van der Waals surface area contributed by atoms with Crippen LogP contribution in [-0.2, 0) is 25.0 Å². The van der Waals surface area contributed by atoms with Gasteiger partial charge >= 0.3 is 5.97 Å². The van der Waals surface area contributed by atoms with E-state index in [9.17, 15) is 18.0 Å². The Morgan fingerprint density at radius 1 is 0.939 bits per heavy atom. The molecule has 1 N–H and O–H groups in total. The highest BCUT2D eigenvalue weighted by Crippen LogP contribution is 2.29. The van der Waals surface area contributed by atoms with E-state index in [1.54, 1.807) is 0 Å². The molecule has 1 aliphatic rings. The number of nitrogens with zero attached hydrogens (tertiary/aromatic N) is 1. The van der Waals surface area contributed by atoms with Crippen LogP contribution in [0.2, 0.25) is 0 Å². The summed E-state index contributed by atoms with van der Waals surface area (Å²) < 4.78 is 32.4. The number of nitrogens with one attached hydrogen (secondary N) is 1. The van der Waals surface area contributed by atoms with E-state index in [-0.39, 0.29) is 15.9 Å². The third kappa shape index (κ3) is 6.42. The van der Waals surface area contributed by atoms with Gasteiger partial charge in [0.05, 0.1) is 10.5 Å². The molecule has 1 fully saturated rings. The maximum Gasteiger partial charge on any atom is 0.338 e. The summed E-state index contributed by atoms with van der Waals surface area (Å²) in [6.07, 6.45) is 3.77. The summed E-state index contributed by atoms with van der Waals surface area (Å²) in [7, 11) is -3.59. The number of hydrogen-bond donors (Lipinski definition) is 1. The van der Waals surface area contributed by atoms with Crippen molar-refractivity contribution in [1.82, 2.24) is 4.31 Å². The lowest BCUT2D eigenvalue weighted by atomic mass is 9.86. The molecule has 7 nitrogen and oxygen atoms in total. The molecule has 1 amide bonds. The number of hydrogen-bond acceptors (Lipinski definition) is 5. The Balaban J connectivity index is 1.60. The first-order chi connectivity index (χ1) is 15.6. The Hall–Kier alpha value is -2.71. The third-order valence-corrected chi connectivity index (χ3v) is 7.55. The number of esters is 1. The van der Waals surface area contributed by atoms with Crippen molar-refractivity contribution in [3.8, 4) is 0 Å². The Morgan fingerprint density at radius 3 is 2.15 bits per heavy atom. The molecule has 1 aliphatic heterocycles. The lowest BCUT2D eigenvalue weighted by molar-refractivity contribution is -0.119. The SMILES string of the molecule is CC(C)(C)c1ccccc1NC(=O)COC(=O)c1ccc(S(=O)(=O)N2CCCCCC2)cc1. The molecule has 0 atom stereocenters. The van der Waals surface area contributed by atoms with Gasteiger partial charge in [-0.15, -0.1) is 0 Å². The normalized spacial score (nSPS) is 15.5. The molecule has 0 spiro atoms. The summed E-state index contributed by atoms with van der Waals surface area (Å²) in [6, 6.07) is 13.2. The van der Waals surface area contributed by atoms with E-state index in [1.807, 2.05) is 24.3 Å². The molecule has 0 aromatic heterocycles. The minimum Gasteiger partial charge on any atom is -0.452 e. The predicted molar refractivity (Wildman–Crippen MR) is 128 cm³/mol. The maximum absolute atomic E-state index is 12.9. The number of ether oxygens (including phenoxy) is 1. The molecular weight excluding hydrogens is 440 g/mol. The summed E-state index contributed by atoms with van der Waals surface area (Å²) in [6.45, 7) is 6.74. The van der Waals surface area contributed by atoms with Crippen molar-refractivity contribution in [1.29, 1.82) is 0 Å². The predicted octanol–water partition coefficient (Wildman–Crippen LogP) is 4.34. The fraction of sp³-hybridized carbons (Fsp3) is 0.440. The third-order valence-electron chi connectivity index (χ3n) is 5.64. The van der Waals surface area contributed by atoms with Crippen LogP contribution in [0.25, 0.3) is 0 Å². The second-order valence-electron chi connectivity index (χ2n) is 9.26. The van der Waals surface area contributed by atoms with Gasteiger partial charge in [0.15, 0.2) is 6.61 Å². The van der Waals surface area contributed by atoms with E-state index in [0.29, 0.717) is 18.8 Å². The van der Waals surface area contributed by atoms with Gasteiger partial charge < -0.3 is 10.1 Å². The first kappa shape index (κ1) is 24.9. The highest BCUT2D eigenvalue weighted by Gasteiger charge is 2.25. The molecule has 1 saturated heterocycles. The zero-order chi connectivity index (χ0) is 24.1. The summed E-state index contributed by atoms with van der Waals surface area (Å²) in [4.78, 5) is 24.9. The molecule has 33 heavy (non-hydrogen) atoms. The van der Waals surface area contributed by atoms with Gasteiger partial charge in [-0.05, 0) is 54.2 Å². The molecular formula is C25H32N2O5S. The Bertz CT molecular complexity index is 1080. The summed E-state index contributed by atoms with van der Waals surface area (Å²) in [5.41, 5.74) is 1.68. The van der Waals surface area contributed by atoms with Gasteiger partial charge in [-0.25, -0.2) is 13.2 Å². The van der Waals surface area contributed by atoms with E-state index < -0.39 is 28.5 Å². The molecule has 1 heterocycles. The average Bonchev–Trinajstić information content (AvgIpc) is 3.07. The van der Waals surface area contributed by atoms with Crippen molar-refractivity contribution in [3.63, 3.8) is 0 Å². The highest BCUT2D eigenvalue weighted by molar-refractivity contribution is 7.89. The summed E-state index contributed by atoms with van der Waals surface area (Å²) in [5.74, 6) is -1.13. The molecule has 0 unspecified atom stereocenters. The Morgan fingerprint density at radius 2 is 1.55 bits per heavy atom. The zero-order valence-corrected chi connectivity index (χ0v) is 20.3. The summed E-state index contributed by atoms with van der Waals surface area (Å²) >= 11 is 0. The largest absolute Gasteiger partial charge is 0.452 e. The van der Waals surface area contributed by atoms with E-state index in [1.165, 1.54) is 28.6 Å². The van der Waals surface area contributed by atoms with Crippen molar-refractivity contribution in [3.05, 3.63) is 59.7 Å². The van der Waals surface area contributed by atoms with Crippen molar-refractivity contribution in [2.24, 2.45) is 0 Å². The number of carbonyl (C=O) groups excluding carboxylic acids is 2. The number of sulfonamides is 1. The molecule has 8 heteroatoms. The highest BCUT2D eigenvalue weighted by atomic mass is 32.2. The lowest BCUT2D eigenvalue weighted by Crippen LogP contribution is -2.31. The molecule has 0 radical (unpaired) electrons. The monoisotopic (exact) mass is 472 g/mol. The van der Waals surface area contributed by atoms with Crippen molar-refractivity contribution in [2.45, 2.75) is 56.8 Å². The number of rotatable bonds is 6. The molecule has 178 valence electrons. The minimum absolute atomic E-state index is 0.150. The topological polar surface area (TPSA) is 92.8 Å². The molecule has 2 aromatic carbocycles. The van der Waals surface area contributed by atoms with Gasteiger partial charge in [-0.3, -0.25) is 4.79 Å². The smallest absolute Gasteiger partial charge is 0.338 e. The number of anilines is 1. The van der Waals surface area contributed by atoms with Gasteiger partial charge in [0, 0.05) is 18.8 Å². The van der Waals surface area contributed by atoms with Crippen LogP contribution in [0.4, 0.5) is 5.69 Å². The Kier molecular flexibility index (Phi) is 7.92. The first-order valence-corrected chi connectivity index (χ1v) is 12.7. The van der Waals surface area contributed by atoms with Crippen LogP contribution in [0.15, 0.2) is 53.4 Å². The maximum atomic E-state index is 12.9.